The molecule has 20 heavy (non-hydrogen) atoms. The molecule has 0 heterocycles. The Balaban J connectivity index is 2.28. The van der Waals surface area contributed by atoms with E-state index in [2.05, 4.69) is 15.9 Å². The molecule has 0 bridgehead atoms. The summed E-state index contributed by atoms with van der Waals surface area (Å²) in [5.74, 6) is 0. The van der Waals surface area contributed by atoms with Gasteiger partial charge < -0.3 is 5.11 Å². The minimum Gasteiger partial charge on any atom is -0.388 e. The van der Waals surface area contributed by atoms with E-state index in [1.165, 1.54) is 6.07 Å². The average Bonchev–Trinajstić information content (AvgIpc) is 2.38. The van der Waals surface area contributed by atoms with Crippen molar-refractivity contribution in [3.63, 3.8) is 0 Å². The molecule has 1 atom stereocenters. The Bertz CT molecular complexity index is 648. The topological polar surface area (TPSA) is 63.4 Å². The van der Waals surface area contributed by atoms with Gasteiger partial charge in [-0.2, -0.15) is 0 Å². The second kappa shape index (κ2) is 6.35. The predicted molar refractivity (Wildman–Crippen MR) is 80.9 cm³/mol. The van der Waals surface area contributed by atoms with Crippen LogP contribution in [0.25, 0.3) is 0 Å². The Labute approximate surface area is 129 Å². The van der Waals surface area contributed by atoms with Crippen LogP contribution >= 0.6 is 27.5 Å². The fourth-order valence-electron chi connectivity index (χ4n) is 1.95. The number of aliphatic hydroxyl groups is 1. The Morgan fingerprint density at radius 3 is 2.65 bits per heavy atom. The summed E-state index contributed by atoms with van der Waals surface area (Å²) >= 11 is 9.36. The standard InChI is InChI=1S/C14H11BrClNO3/c15-10-5-6-11(12(16)8-10)14(18)7-9-3-1-2-4-13(9)17(19)20/h1-6,8,14,18H,7H2. The van der Waals surface area contributed by atoms with Gasteiger partial charge in [0.2, 0.25) is 0 Å². The second-order valence-corrected chi connectivity index (χ2v) is 5.59. The smallest absolute Gasteiger partial charge is 0.272 e. The number of halogens is 2. The van der Waals surface area contributed by atoms with Gasteiger partial charge in [0.15, 0.2) is 0 Å². The highest BCUT2D eigenvalue weighted by atomic mass is 79.9. The first kappa shape index (κ1) is 15.0. The molecule has 0 aliphatic heterocycles. The van der Waals surface area contributed by atoms with Crippen molar-refractivity contribution in [3.05, 3.63) is 73.2 Å². The highest BCUT2D eigenvalue weighted by Crippen LogP contribution is 2.30. The zero-order chi connectivity index (χ0) is 14.7. The summed E-state index contributed by atoms with van der Waals surface area (Å²) in [6.45, 7) is 0. The third-order valence-corrected chi connectivity index (χ3v) is 3.74. The lowest BCUT2D eigenvalue weighted by Gasteiger charge is -2.13. The van der Waals surface area contributed by atoms with Gasteiger partial charge in [-0.15, -0.1) is 0 Å². The lowest BCUT2D eigenvalue weighted by molar-refractivity contribution is -0.385. The van der Waals surface area contributed by atoms with Gasteiger partial charge in [-0.1, -0.05) is 51.8 Å². The third-order valence-electron chi connectivity index (χ3n) is 2.92. The molecule has 0 amide bonds. The fourth-order valence-corrected chi connectivity index (χ4v) is 2.75. The lowest BCUT2D eigenvalue weighted by atomic mass is 10.0. The van der Waals surface area contributed by atoms with Crippen LogP contribution in [0.4, 0.5) is 5.69 Å². The quantitative estimate of drug-likeness (QED) is 0.656. The van der Waals surface area contributed by atoms with Crippen molar-refractivity contribution in [2.75, 3.05) is 0 Å². The number of benzene rings is 2. The molecule has 4 nitrogen and oxygen atoms in total. The van der Waals surface area contributed by atoms with Crippen molar-refractivity contribution in [1.29, 1.82) is 0 Å². The van der Waals surface area contributed by atoms with Crippen molar-refractivity contribution < 1.29 is 10.0 Å². The fraction of sp³-hybridized carbons (Fsp3) is 0.143. The van der Waals surface area contributed by atoms with Crippen LogP contribution in [0.1, 0.15) is 17.2 Å². The number of nitro benzene ring substituents is 1. The zero-order valence-corrected chi connectivity index (χ0v) is 12.6. The predicted octanol–water partition coefficient (Wildman–Crippen LogP) is 4.29. The van der Waals surface area contributed by atoms with Crippen LogP contribution in [-0.4, -0.2) is 10.0 Å². The largest absolute Gasteiger partial charge is 0.388 e. The molecule has 0 saturated heterocycles. The molecule has 1 N–H and O–H groups in total. The Morgan fingerprint density at radius 2 is 2.00 bits per heavy atom. The third kappa shape index (κ3) is 3.36. The Hall–Kier alpha value is -1.43. The molecule has 2 aromatic rings. The van der Waals surface area contributed by atoms with Gasteiger partial charge in [-0.05, 0) is 17.7 Å². The number of hydrogen-bond acceptors (Lipinski definition) is 3. The maximum Gasteiger partial charge on any atom is 0.272 e. The van der Waals surface area contributed by atoms with Crippen molar-refractivity contribution in [2.24, 2.45) is 0 Å². The molecule has 104 valence electrons. The number of rotatable bonds is 4. The van der Waals surface area contributed by atoms with Crippen molar-refractivity contribution in [3.8, 4) is 0 Å². The molecule has 0 radical (unpaired) electrons. The maximum absolute atomic E-state index is 10.9. The maximum atomic E-state index is 10.9. The van der Waals surface area contributed by atoms with Gasteiger partial charge in [0.25, 0.3) is 5.69 Å². The summed E-state index contributed by atoms with van der Waals surface area (Å²) in [7, 11) is 0. The highest BCUT2D eigenvalue weighted by molar-refractivity contribution is 9.10. The number of para-hydroxylation sites is 1. The molecule has 0 aliphatic carbocycles. The Morgan fingerprint density at radius 1 is 1.30 bits per heavy atom. The number of nitro groups is 1. The minimum atomic E-state index is -0.892. The number of nitrogens with zero attached hydrogens (tertiary/aromatic N) is 1. The molecule has 2 aromatic carbocycles. The van der Waals surface area contributed by atoms with Crippen LogP contribution in [0.15, 0.2) is 46.9 Å². The van der Waals surface area contributed by atoms with Crippen LogP contribution in [0, 0.1) is 10.1 Å². The van der Waals surface area contributed by atoms with E-state index in [0.29, 0.717) is 16.1 Å². The minimum absolute atomic E-state index is 0.000200. The molecule has 0 saturated carbocycles. The van der Waals surface area contributed by atoms with Gasteiger partial charge in [0.1, 0.15) is 0 Å². The van der Waals surface area contributed by atoms with Crippen LogP contribution < -0.4 is 0 Å². The molecule has 2 rings (SSSR count). The number of hydrogen-bond donors (Lipinski definition) is 1. The van der Waals surface area contributed by atoms with E-state index < -0.39 is 11.0 Å². The van der Waals surface area contributed by atoms with E-state index in [9.17, 15) is 15.2 Å². The van der Waals surface area contributed by atoms with Gasteiger partial charge >= 0.3 is 0 Å². The summed E-state index contributed by atoms with van der Waals surface area (Å²) in [5, 5.41) is 21.6. The Kier molecular flexibility index (Phi) is 4.75. The van der Waals surface area contributed by atoms with E-state index in [0.717, 1.165) is 4.47 Å². The van der Waals surface area contributed by atoms with E-state index in [4.69, 9.17) is 11.6 Å². The molecule has 0 aliphatic rings. The van der Waals surface area contributed by atoms with E-state index >= 15 is 0 Å². The molecular weight excluding hydrogens is 346 g/mol. The molecule has 0 aromatic heterocycles. The monoisotopic (exact) mass is 355 g/mol. The summed E-state index contributed by atoms with van der Waals surface area (Å²) in [4.78, 5) is 10.5. The van der Waals surface area contributed by atoms with E-state index in [1.54, 1.807) is 36.4 Å². The van der Waals surface area contributed by atoms with E-state index in [1.807, 2.05) is 0 Å². The van der Waals surface area contributed by atoms with Crippen molar-refractivity contribution in [2.45, 2.75) is 12.5 Å². The van der Waals surface area contributed by atoms with Crippen molar-refractivity contribution in [1.82, 2.24) is 0 Å². The molecule has 0 spiro atoms. The number of aliphatic hydroxyl groups excluding tert-OH is 1. The van der Waals surface area contributed by atoms with Crippen LogP contribution in [0.5, 0.6) is 0 Å². The van der Waals surface area contributed by atoms with Gasteiger partial charge in [0.05, 0.1) is 11.0 Å². The first-order valence-electron chi connectivity index (χ1n) is 5.84. The van der Waals surface area contributed by atoms with Crippen LogP contribution in [0.3, 0.4) is 0 Å². The molecule has 6 heteroatoms. The first-order valence-corrected chi connectivity index (χ1v) is 7.01. The molecular formula is C14H11BrClNO3. The first-order chi connectivity index (χ1) is 9.49. The normalized spacial score (nSPS) is 12.2. The summed E-state index contributed by atoms with van der Waals surface area (Å²) in [6, 6.07) is 11.5. The summed E-state index contributed by atoms with van der Waals surface area (Å²) < 4.78 is 0.809. The van der Waals surface area contributed by atoms with Gasteiger partial charge in [-0.3, -0.25) is 10.1 Å². The highest BCUT2D eigenvalue weighted by Gasteiger charge is 2.18. The van der Waals surface area contributed by atoms with Crippen molar-refractivity contribution >= 4 is 33.2 Å². The zero-order valence-electron chi connectivity index (χ0n) is 10.3. The van der Waals surface area contributed by atoms with Crippen LogP contribution in [-0.2, 0) is 6.42 Å². The molecule has 0 fully saturated rings. The second-order valence-electron chi connectivity index (χ2n) is 4.27. The lowest BCUT2D eigenvalue weighted by Crippen LogP contribution is -2.05. The summed E-state index contributed by atoms with van der Waals surface area (Å²) in [5.41, 5.74) is 1.02. The van der Waals surface area contributed by atoms with E-state index in [-0.39, 0.29) is 12.1 Å². The van der Waals surface area contributed by atoms with Crippen LogP contribution in [0.2, 0.25) is 5.02 Å². The van der Waals surface area contributed by atoms with Gasteiger partial charge in [0, 0.05) is 27.5 Å². The SMILES string of the molecule is O=[N+]([O-])c1ccccc1CC(O)c1ccc(Br)cc1Cl. The average molecular weight is 357 g/mol. The summed E-state index contributed by atoms with van der Waals surface area (Å²) in [6.07, 6.45) is -0.755. The van der Waals surface area contributed by atoms with Gasteiger partial charge in [-0.25, -0.2) is 0 Å². The molecule has 1 unspecified atom stereocenters.